The molecule has 0 aliphatic carbocycles. The molecule has 2 heterocycles. The van der Waals surface area contributed by atoms with Crippen molar-refractivity contribution in [3.63, 3.8) is 0 Å². The van der Waals surface area contributed by atoms with Gasteiger partial charge in [0.15, 0.2) is 0 Å². The van der Waals surface area contributed by atoms with E-state index in [2.05, 4.69) is 63.9 Å². The van der Waals surface area contributed by atoms with E-state index in [0.717, 1.165) is 29.6 Å². The second-order valence-corrected chi connectivity index (χ2v) is 6.94. The molecule has 1 aliphatic rings. The van der Waals surface area contributed by atoms with Gasteiger partial charge in [-0.05, 0) is 36.5 Å². The van der Waals surface area contributed by atoms with Gasteiger partial charge in [0.2, 0.25) is 0 Å². The highest BCUT2D eigenvalue weighted by Crippen LogP contribution is 2.42. The van der Waals surface area contributed by atoms with Crippen molar-refractivity contribution in [2.45, 2.75) is 31.9 Å². The molecule has 0 bridgehead atoms. The largest absolute Gasteiger partial charge is 0.484 e. The van der Waals surface area contributed by atoms with Crippen LogP contribution in [-0.4, -0.2) is 6.54 Å². The third kappa shape index (κ3) is 2.92. The van der Waals surface area contributed by atoms with Crippen LogP contribution < -0.4 is 10.1 Å². The summed E-state index contributed by atoms with van der Waals surface area (Å²) in [6.07, 6.45) is 2.30. The molecule has 106 valence electrons. The van der Waals surface area contributed by atoms with Crippen LogP contribution in [0, 0.1) is 0 Å². The van der Waals surface area contributed by atoms with Crippen molar-refractivity contribution in [1.29, 1.82) is 0 Å². The fourth-order valence-electron chi connectivity index (χ4n) is 2.60. The van der Waals surface area contributed by atoms with Gasteiger partial charge in [0.25, 0.3) is 0 Å². The Morgan fingerprint density at radius 2 is 2.30 bits per heavy atom. The lowest BCUT2D eigenvalue weighted by Crippen LogP contribution is -2.29. The fourth-order valence-corrected chi connectivity index (χ4v) is 3.71. The summed E-state index contributed by atoms with van der Waals surface area (Å²) in [7, 11) is 0. The number of thiophene rings is 1. The molecule has 4 heteroatoms. The smallest absolute Gasteiger partial charge is 0.135 e. The molecule has 1 N–H and O–H groups in total. The number of halogens is 1. The molecule has 1 aromatic carbocycles. The summed E-state index contributed by atoms with van der Waals surface area (Å²) in [6, 6.07) is 11.0. The molecule has 2 unspecified atom stereocenters. The van der Waals surface area contributed by atoms with Gasteiger partial charge in [-0.1, -0.05) is 35.0 Å². The lowest BCUT2D eigenvalue weighted by molar-refractivity contribution is 0.154. The minimum atomic E-state index is 0.158. The fraction of sp³-hybridized carbons (Fsp3) is 0.375. The maximum atomic E-state index is 6.21. The Kier molecular flexibility index (Phi) is 4.44. The van der Waals surface area contributed by atoms with E-state index < -0.39 is 0 Å². The number of ether oxygens (including phenoxy) is 1. The van der Waals surface area contributed by atoms with Gasteiger partial charge in [-0.15, -0.1) is 11.3 Å². The van der Waals surface area contributed by atoms with Gasteiger partial charge in [-0.25, -0.2) is 0 Å². The van der Waals surface area contributed by atoms with Crippen molar-refractivity contribution in [3.8, 4) is 5.75 Å². The van der Waals surface area contributed by atoms with Crippen LogP contribution in [0.15, 0.2) is 40.2 Å². The second kappa shape index (κ2) is 6.29. The van der Waals surface area contributed by atoms with Crippen LogP contribution in [0.2, 0.25) is 0 Å². The SMILES string of the molecule is CCCNC1CC(c2cccs2)Oc2cc(Br)ccc21. The highest BCUT2D eigenvalue weighted by atomic mass is 79.9. The van der Waals surface area contributed by atoms with E-state index in [0.29, 0.717) is 6.04 Å². The summed E-state index contributed by atoms with van der Waals surface area (Å²) in [5, 5.41) is 5.76. The van der Waals surface area contributed by atoms with Gasteiger partial charge in [-0.2, -0.15) is 0 Å². The number of hydrogen-bond acceptors (Lipinski definition) is 3. The molecule has 1 aliphatic heterocycles. The molecule has 0 radical (unpaired) electrons. The molecule has 2 nitrogen and oxygen atoms in total. The molecule has 0 saturated carbocycles. The first kappa shape index (κ1) is 14.1. The number of fused-ring (bicyclic) bond motifs is 1. The summed E-state index contributed by atoms with van der Waals surface area (Å²) in [6.45, 7) is 3.24. The minimum absolute atomic E-state index is 0.158. The number of nitrogens with one attached hydrogen (secondary N) is 1. The number of benzene rings is 1. The monoisotopic (exact) mass is 351 g/mol. The van der Waals surface area contributed by atoms with E-state index >= 15 is 0 Å². The zero-order valence-corrected chi connectivity index (χ0v) is 13.8. The Bertz CT molecular complexity index is 570. The topological polar surface area (TPSA) is 21.3 Å². The Hall–Kier alpha value is -0.840. The minimum Gasteiger partial charge on any atom is -0.484 e. The molecule has 0 amide bonds. The molecule has 0 fully saturated rings. The predicted molar refractivity (Wildman–Crippen MR) is 87.5 cm³/mol. The van der Waals surface area contributed by atoms with Crippen molar-refractivity contribution in [2.75, 3.05) is 6.54 Å². The molecule has 1 aromatic heterocycles. The average molecular weight is 352 g/mol. The second-order valence-electron chi connectivity index (χ2n) is 5.05. The standard InChI is InChI=1S/C16H18BrNOS/c1-2-7-18-13-10-15(16-4-3-8-20-16)19-14-9-11(17)5-6-12(13)14/h3-6,8-9,13,15,18H,2,7,10H2,1H3. The Morgan fingerprint density at radius 1 is 1.40 bits per heavy atom. The maximum absolute atomic E-state index is 6.21. The molecule has 20 heavy (non-hydrogen) atoms. The molecule has 2 aromatic rings. The van der Waals surface area contributed by atoms with Gasteiger partial charge < -0.3 is 10.1 Å². The number of rotatable bonds is 4. The molecule has 3 rings (SSSR count). The van der Waals surface area contributed by atoms with Crippen molar-refractivity contribution in [3.05, 3.63) is 50.6 Å². The van der Waals surface area contributed by atoms with Crippen LogP contribution in [0.4, 0.5) is 0 Å². The molecule has 2 atom stereocenters. The van der Waals surface area contributed by atoms with Crippen LogP contribution >= 0.6 is 27.3 Å². The van der Waals surface area contributed by atoms with Gasteiger partial charge in [0.05, 0.1) is 0 Å². The summed E-state index contributed by atoms with van der Waals surface area (Å²) in [5.41, 5.74) is 1.27. The van der Waals surface area contributed by atoms with E-state index in [-0.39, 0.29) is 6.10 Å². The highest BCUT2D eigenvalue weighted by molar-refractivity contribution is 9.10. The maximum Gasteiger partial charge on any atom is 0.135 e. The molecular weight excluding hydrogens is 334 g/mol. The van der Waals surface area contributed by atoms with E-state index in [9.17, 15) is 0 Å². The van der Waals surface area contributed by atoms with Crippen molar-refractivity contribution in [2.24, 2.45) is 0 Å². The normalized spacial score (nSPS) is 21.3. The van der Waals surface area contributed by atoms with Crippen LogP contribution in [0.1, 0.15) is 42.4 Å². The van der Waals surface area contributed by atoms with Crippen LogP contribution in [0.5, 0.6) is 5.75 Å². The van der Waals surface area contributed by atoms with E-state index in [1.54, 1.807) is 11.3 Å². The van der Waals surface area contributed by atoms with E-state index in [1.165, 1.54) is 10.4 Å². The zero-order chi connectivity index (χ0) is 13.9. The average Bonchev–Trinajstić information content (AvgIpc) is 2.98. The first-order chi connectivity index (χ1) is 9.78. The van der Waals surface area contributed by atoms with E-state index in [4.69, 9.17) is 4.74 Å². The first-order valence-corrected chi connectivity index (χ1v) is 8.68. The van der Waals surface area contributed by atoms with Gasteiger partial charge in [0.1, 0.15) is 11.9 Å². The lowest BCUT2D eigenvalue weighted by atomic mass is 9.95. The van der Waals surface area contributed by atoms with Crippen LogP contribution in [0.25, 0.3) is 0 Å². The molecule has 0 saturated heterocycles. The quantitative estimate of drug-likeness (QED) is 0.829. The Labute approximate surface area is 132 Å². The Morgan fingerprint density at radius 3 is 3.05 bits per heavy atom. The molecule has 0 spiro atoms. The van der Waals surface area contributed by atoms with Gasteiger partial charge >= 0.3 is 0 Å². The third-order valence-corrected chi connectivity index (χ3v) is 5.03. The van der Waals surface area contributed by atoms with Gasteiger partial charge in [0, 0.05) is 27.4 Å². The third-order valence-electron chi connectivity index (χ3n) is 3.57. The van der Waals surface area contributed by atoms with Crippen LogP contribution in [-0.2, 0) is 0 Å². The summed E-state index contributed by atoms with van der Waals surface area (Å²) >= 11 is 5.30. The number of hydrogen-bond donors (Lipinski definition) is 1. The summed E-state index contributed by atoms with van der Waals surface area (Å²) < 4.78 is 7.27. The predicted octanol–water partition coefficient (Wildman–Crippen LogP) is 5.08. The first-order valence-electron chi connectivity index (χ1n) is 7.01. The Balaban J connectivity index is 1.90. The lowest BCUT2D eigenvalue weighted by Gasteiger charge is -2.32. The molecular formula is C16H18BrNOS. The van der Waals surface area contributed by atoms with Crippen molar-refractivity contribution in [1.82, 2.24) is 5.32 Å². The van der Waals surface area contributed by atoms with Crippen molar-refractivity contribution < 1.29 is 4.74 Å². The highest BCUT2D eigenvalue weighted by Gasteiger charge is 2.29. The zero-order valence-electron chi connectivity index (χ0n) is 11.4. The summed E-state index contributed by atoms with van der Waals surface area (Å²) in [4.78, 5) is 1.30. The van der Waals surface area contributed by atoms with Gasteiger partial charge in [-0.3, -0.25) is 0 Å². The van der Waals surface area contributed by atoms with Crippen LogP contribution in [0.3, 0.4) is 0 Å². The summed E-state index contributed by atoms with van der Waals surface area (Å²) in [5.74, 6) is 0.998. The van der Waals surface area contributed by atoms with E-state index in [1.807, 2.05) is 0 Å². The van der Waals surface area contributed by atoms with Crippen molar-refractivity contribution >= 4 is 27.3 Å².